The third kappa shape index (κ3) is 3.37. The van der Waals surface area contributed by atoms with Gasteiger partial charge < -0.3 is 19.3 Å². The van der Waals surface area contributed by atoms with Gasteiger partial charge in [0.15, 0.2) is 16.6 Å². The van der Waals surface area contributed by atoms with E-state index in [1.165, 1.54) is 16.2 Å². The van der Waals surface area contributed by atoms with Gasteiger partial charge in [0.25, 0.3) is 5.78 Å². The van der Waals surface area contributed by atoms with E-state index in [1.54, 1.807) is 49.7 Å². The molecule has 4 heterocycles. The standard InChI is InChI=1S/C26H19N3O6S/c1-13-9-16-20(11-18(13)33-2)36-26(28-16)29-22(15-5-3-4-8-27-15)21(24(31)25(29)32)23(30)14-6-7-17-19(10-14)35-12-34-17/h3-11,22,30H,12H2,1-2H3/b23-21+. The predicted molar refractivity (Wildman–Crippen MR) is 132 cm³/mol. The Balaban J connectivity index is 1.53. The number of carbonyl (C=O) groups excluding carboxylic acids is 2. The van der Waals surface area contributed by atoms with Crippen LogP contribution in [-0.2, 0) is 9.59 Å². The number of anilines is 1. The maximum atomic E-state index is 13.4. The number of ketones is 1. The Bertz CT molecular complexity index is 1580. The van der Waals surface area contributed by atoms with Gasteiger partial charge in [0, 0.05) is 11.8 Å². The first-order valence-electron chi connectivity index (χ1n) is 11.0. The molecule has 6 rings (SSSR count). The molecule has 0 aliphatic carbocycles. The summed E-state index contributed by atoms with van der Waals surface area (Å²) in [6.45, 7) is 1.97. The number of aromatic nitrogens is 2. The number of benzene rings is 2. The summed E-state index contributed by atoms with van der Waals surface area (Å²) in [4.78, 5) is 37.1. The monoisotopic (exact) mass is 501 g/mol. The fourth-order valence-electron chi connectivity index (χ4n) is 4.42. The van der Waals surface area contributed by atoms with Crippen LogP contribution in [0.1, 0.15) is 22.9 Å². The molecule has 1 unspecified atom stereocenters. The fraction of sp³-hybridized carbons (Fsp3) is 0.154. The topological polar surface area (TPSA) is 111 Å². The van der Waals surface area contributed by atoms with E-state index in [-0.39, 0.29) is 18.1 Å². The molecular weight excluding hydrogens is 482 g/mol. The summed E-state index contributed by atoms with van der Waals surface area (Å²) < 4.78 is 17.0. The number of nitrogens with zero attached hydrogens (tertiary/aromatic N) is 3. The van der Waals surface area contributed by atoms with Gasteiger partial charge in [-0.3, -0.25) is 19.5 Å². The van der Waals surface area contributed by atoms with Gasteiger partial charge in [-0.15, -0.1) is 0 Å². The van der Waals surface area contributed by atoms with Gasteiger partial charge in [-0.25, -0.2) is 4.98 Å². The molecule has 0 spiro atoms. The second kappa shape index (κ2) is 8.35. The van der Waals surface area contributed by atoms with Crippen molar-refractivity contribution in [1.82, 2.24) is 9.97 Å². The molecule has 1 amide bonds. The van der Waals surface area contributed by atoms with Gasteiger partial charge in [0.1, 0.15) is 17.6 Å². The highest BCUT2D eigenvalue weighted by Crippen LogP contribution is 2.45. The molecule has 2 aliphatic heterocycles. The van der Waals surface area contributed by atoms with Crippen LogP contribution >= 0.6 is 11.3 Å². The summed E-state index contributed by atoms with van der Waals surface area (Å²) in [5, 5.41) is 11.6. The van der Waals surface area contributed by atoms with Crippen molar-refractivity contribution in [2.75, 3.05) is 18.8 Å². The van der Waals surface area contributed by atoms with E-state index in [2.05, 4.69) is 9.97 Å². The van der Waals surface area contributed by atoms with Gasteiger partial charge in [0.2, 0.25) is 6.79 Å². The SMILES string of the molecule is COc1cc2sc(N3C(=O)C(=O)/C(=C(/O)c4ccc5c(c4)OCO5)C3c3ccccn3)nc2cc1C. The first kappa shape index (κ1) is 22.1. The second-order valence-electron chi connectivity index (χ2n) is 8.28. The van der Waals surface area contributed by atoms with Crippen molar-refractivity contribution in [3.05, 3.63) is 77.1 Å². The number of hydrogen-bond donors (Lipinski definition) is 1. The zero-order valence-corrected chi connectivity index (χ0v) is 20.0. The van der Waals surface area contributed by atoms with Crippen molar-refractivity contribution in [2.45, 2.75) is 13.0 Å². The smallest absolute Gasteiger partial charge is 0.301 e. The van der Waals surface area contributed by atoms with Crippen molar-refractivity contribution in [2.24, 2.45) is 0 Å². The van der Waals surface area contributed by atoms with Crippen LogP contribution in [0.15, 0.2) is 60.3 Å². The second-order valence-corrected chi connectivity index (χ2v) is 9.29. The molecule has 0 saturated carbocycles. The van der Waals surface area contributed by atoms with Crippen molar-refractivity contribution >= 4 is 44.1 Å². The Morgan fingerprint density at radius 3 is 2.75 bits per heavy atom. The summed E-state index contributed by atoms with van der Waals surface area (Å²) in [6.07, 6.45) is 1.57. The molecule has 1 N–H and O–H groups in total. The number of aryl methyl sites for hydroxylation is 1. The summed E-state index contributed by atoms with van der Waals surface area (Å²) in [7, 11) is 1.59. The van der Waals surface area contributed by atoms with Crippen LogP contribution in [0.2, 0.25) is 0 Å². The molecule has 2 aliphatic rings. The molecular formula is C26H19N3O6S. The number of amides is 1. The average molecular weight is 502 g/mol. The number of aliphatic hydroxyl groups excluding tert-OH is 1. The third-order valence-corrected chi connectivity index (χ3v) is 7.18. The third-order valence-electron chi connectivity index (χ3n) is 6.16. The van der Waals surface area contributed by atoms with Gasteiger partial charge in [-0.1, -0.05) is 17.4 Å². The number of thiazole rings is 1. The first-order chi connectivity index (χ1) is 17.5. The lowest BCUT2D eigenvalue weighted by Crippen LogP contribution is -2.29. The maximum Gasteiger partial charge on any atom is 0.301 e. The largest absolute Gasteiger partial charge is 0.507 e. The Hall–Kier alpha value is -4.44. The summed E-state index contributed by atoms with van der Waals surface area (Å²) in [6, 6.07) is 12.8. The number of methoxy groups -OCH3 is 1. The van der Waals surface area contributed by atoms with E-state index in [9.17, 15) is 14.7 Å². The number of rotatable bonds is 4. The highest BCUT2D eigenvalue weighted by Gasteiger charge is 2.49. The average Bonchev–Trinajstić information content (AvgIpc) is 3.59. The quantitative estimate of drug-likeness (QED) is 0.249. The lowest BCUT2D eigenvalue weighted by molar-refractivity contribution is -0.132. The van der Waals surface area contributed by atoms with Crippen LogP contribution in [0.5, 0.6) is 17.2 Å². The van der Waals surface area contributed by atoms with Crippen molar-refractivity contribution < 1.29 is 28.9 Å². The minimum atomic E-state index is -0.972. The minimum absolute atomic E-state index is 0.0692. The van der Waals surface area contributed by atoms with E-state index in [1.807, 2.05) is 19.1 Å². The normalized spacial score (nSPS) is 18.3. The van der Waals surface area contributed by atoms with Gasteiger partial charge >= 0.3 is 5.91 Å². The van der Waals surface area contributed by atoms with Crippen LogP contribution < -0.4 is 19.1 Å². The van der Waals surface area contributed by atoms with Gasteiger partial charge in [-0.2, -0.15) is 0 Å². The van der Waals surface area contributed by atoms with Crippen molar-refractivity contribution in [3.63, 3.8) is 0 Å². The van der Waals surface area contributed by atoms with E-state index >= 15 is 0 Å². The van der Waals surface area contributed by atoms with Crippen LogP contribution in [0, 0.1) is 6.92 Å². The Morgan fingerprint density at radius 1 is 1.14 bits per heavy atom. The highest BCUT2D eigenvalue weighted by molar-refractivity contribution is 7.22. The molecule has 1 fully saturated rings. The van der Waals surface area contributed by atoms with E-state index in [0.29, 0.717) is 39.2 Å². The molecule has 10 heteroatoms. The van der Waals surface area contributed by atoms with Crippen LogP contribution in [0.25, 0.3) is 16.0 Å². The molecule has 1 saturated heterocycles. The number of fused-ring (bicyclic) bond motifs is 2. The van der Waals surface area contributed by atoms with Crippen LogP contribution in [0.4, 0.5) is 5.13 Å². The lowest BCUT2D eigenvalue weighted by Gasteiger charge is -2.21. The lowest BCUT2D eigenvalue weighted by atomic mass is 9.98. The Kier molecular flexibility index (Phi) is 5.11. The first-order valence-corrected chi connectivity index (χ1v) is 11.8. The van der Waals surface area contributed by atoms with E-state index < -0.39 is 17.7 Å². The molecule has 0 bridgehead atoms. The summed E-state index contributed by atoms with van der Waals surface area (Å²) in [5.74, 6) is -0.275. The predicted octanol–water partition coefficient (Wildman–Crippen LogP) is 4.36. The van der Waals surface area contributed by atoms with E-state index in [4.69, 9.17) is 14.2 Å². The Labute approximate surface area is 209 Å². The molecule has 180 valence electrons. The number of aliphatic hydroxyl groups is 1. The molecule has 4 aromatic rings. The summed E-state index contributed by atoms with van der Waals surface area (Å²) >= 11 is 1.26. The molecule has 2 aromatic carbocycles. The zero-order chi connectivity index (χ0) is 25.0. The molecule has 0 radical (unpaired) electrons. The number of ether oxygens (including phenoxy) is 3. The zero-order valence-electron chi connectivity index (χ0n) is 19.2. The Morgan fingerprint density at radius 2 is 1.97 bits per heavy atom. The number of hydrogen-bond acceptors (Lipinski definition) is 9. The van der Waals surface area contributed by atoms with Gasteiger partial charge in [0.05, 0.1) is 28.6 Å². The highest BCUT2D eigenvalue weighted by atomic mass is 32.1. The summed E-state index contributed by atoms with van der Waals surface area (Å²) in [5.41, 5.74) is 2.24. The number of Topliss-reactive ketones (excluding diaryl/α,β-unsaturated/α-hetero) is 1. The van der Waals surface area contributed by atoms with Crippen LogP contribution in [-0.4, -0.2) is 40.7 Å². The molecule has 2 aromatic heterocycles. The molecule has 9 nitrogen and oxygen atoms in total. The molecule has 1 atom stereocenters. The van der Waals surface area contributed by atoms with Crippen molar-refractivity contribution in [3.8, 4) is 17.2 Å². The fourth-order valence-corrected chi connectivity index (χ4v) is 5.42. The number of pyridine rings is 1. The minimum Gasteiger partial charge on any atom is -0.507 e. The maximum absolute atomic E-state index is 13.4. The van der Waals surface area contributed by atoms with Crippen molar-refractivity contribution in [1.29, 1.82) is 0 Å². The van der Waals surface area contributed by atoms with Gasteiger partial charge in [-0.05, 0) is 55.0 Å². The number of carbonyl (C=O) groups is 2. The van der Waals surface area contributed by atoms with E-state index in [0.717, 1.165) is 10.3 Å². The molecule has 36 heavy (non-hydrogen) atoms. The van der Waals surface area contributed by atoms with Crippen LogP contribution in [0.3, 0.4) is 0 Å².